The summed E-state index contributed by atoms with van der Waals surface area (Å²) < 4.78 is 33.3. The van der Waals surface area contributed by atoms with Gasteiger partial charge in [-0.1, -0.05) is 28.1 Å². The van der Waals surface area contributed by atoms with Gasteiger partial charge in [-0.05, 0) is 36.9 Å². The summed E-state index contributed by atoms with van der Waals surface area (Å²) >= 11 is 9.51. The van der Waals surface area contributed by atoms with Gasteiger partial charge in [0, 0.05) is 15.9 Å². The fourth-order valence-corrected chi connectivity index (χ4v) is 3.49. The van der Waals surface area contributed by atoms with Crippen LogP contribution >= 0.6 is 27.5 Å². The molecule has 0 fully saturated rings. The number of benzene rings is 2. The van der Waals surface area contributed by atoms with Crippen molar-refractivity contribution >= 4 is 38.6 Å². The lowest BCUT2D eigenvalue weighted by atomic mass is 10.1. The topological polar surface area (TPSA) is 39.1 Å². The summed E-state index contributed by atoms with van der Waals surface area (Å²) in [7, 11) is 1.83. The van der Waals surface area contributed by atoms with Crippen LogP contribution in [-0.4, -0.2) is 23.2 Å². The molecule has 3 rings (SSSR count). The molecule has 8 heteroatoms. The van der Waals surface area contributed by atoms with Crippen LogP contribution in [0.3, 0.4) is 0 Å². The van der Waals surface area contributed by atoms with Gasteiger partial charge >= 0.3 is 6.61 Å². The van der Waals surface area contributed by atoms with E-state index in [2.05, 4.69) is 26.2 Å². The second-order valence-electron chi connectivity index (χ2n) is 5.68. The highest BCUT2D eigenvalue weighted by molar-refractivity contribution is 9.10. The Morgan fingerprint density at radius 3 is 2.81 bits per heavy atom. The Balaban J connectivity index is 2.13. The summed E-state index contributed by atoms with van der Waals surface area (Å²) in [6, 6.07) is 10.8. The number of halogens is 4. The number of ether oxygens (including phenoxy) is 1. The molecule has 0 saturated carbocycles. The maximum absolute atomic E-state index is 12.8. The summed E-state index contributed by atoms with van der Waals surface area (Å²) in [5, 5.41) is 3.09. The molecule has 2 aromatic carbocycles. The Bertz CT molecular complexity index is 917. The number of aromatic nitrogens is 2. The summed E-state index contributed by atoms with van der Waals surface area (Å²) in [6.45, 7) is -2.03. The molecule has 0 unspecified atom stereocenters. The van der Waals surface area contributed by atoms with Crippen LogP contribution in [0.25, 0.3) is 11.0 Å². The first-order valence-corrected chi connectivity index (χ1v) is 9.27. The third kappa shape index (κ3) is 4.00. The van der Waals surface area contributed by atoms with E-state index in [-0.39, 0.29) is 11.6 Å². The third-order valence-corrected chi connectivity index (χ3v) is 4.81. The molecule has 138 valence electrons. The number of nitrogens with zero attached hydrogens (tertiary/aromatic N) is 2. The van der Waals surface area contributed by atoms with E-state index in [0.29, 0.717) is 18.7 Å². The van der Waals surface area contributed by atoms with E-state index in [4.69, 9.17) is 16.3 Å². The Hall–Kier alpha value is -1.70. The minimum Gasteiger partial charge on any atom is -0.434 e. The number of rotatable bonds is 7. The first kappa shape index (κ1) is 19.1. The molecule has 4 nitrogen and oxygen atoms in total. The normalized spacial score (nSPS) is 11.5. The molecule has 0 atom stereocenters. The van der Waals surface area contributed by atoms with Crippen molar-refractivity contribution in [2.24, 2.45) is 0 Å². The van der Waals surface area contributed by atoms with Gasteiger partial charge in [0.15, 0.2) is 0 Å². The second kappa shape index (κ2) is 8.33. The number of hydrogen-bond donors (Lipinski definition) is 1. The average Bonchev–Trinajstić information content (AvgIpc) is 2.93. The van der Waals surface area contributed by atoms with E-state index >= 15 is 0 Å². The zero-order chi connectivity index (χ0) is 18.7. The van der Waals surface area contributed by atoms with Crippen molar-refractivity contribution in [3.8, 4) is 5.75 Å². The zero-order valence-electron chi connectivity index (χ0n) is 14.0. The lowest BCUT2D eigenvalue weighted by Gasteiger charge is -2.16. The van der Waals surface area contributed by atoms with Crippen molar-refractivity contribution in [2.45, 2.75) is 25.6 Å². The molecular weight excluding hydrogens is 428 g/mol. The molecule has 0 aliphatic carbocycles. The predicted octanol–water partition coefficient (Wildman–Crippen LogP) is 4.91. The van der Waals surface area contributed by atoms with Gasteiger partial charge in [0.05, 0.1) is 24.1 Å². The molecule has 1 aromatic heterocycles. The molecule has 0 aliphatic heterocycles. The standard InChI is InChI=1S/C18H17BrClF2N3O/c1-23-9-17-24-14-6-5-12(19)7-15(14)25(17)10-13-11(8-20)3-2-4-16(13)26-18(21)22/h2-7,18,23H,8-10H2,1H3. The monoisotopic (exact) mass is 443 g/mol. The maximum atomic E-state index is 12.8. The summed E-state index contributed by atoms with van der Waals surface area (Å²) in [5.41, 5.74) is 3.10. The first-order chi connectivity index (χ1) is 12.5. The number of hydrogen-bond acceptors (Lipinski definition) is 3. The lowest BCUT2D eigenvalue weighted by Crippen LogP contribution is -2.15. The average molecular weight is 445 g/mol. The fourth-order valence-electron chi connectivity index (χ4n) is 2.90. The van der Waals surface area contributed by atoms with Crippen LogP contribution in [0.2, 0.25) is 0 Å². The molecular formula is C18H17BrClF2N3O. The van der Waals surface area contributed by atoms with Crippen LogP contribution in [0.1, 0.15) is 17.0 Å². The molecule has 0 radical (unpaired) electrons. The summed E-state index contributed by atoms with van der Waals surface area (Å²) in [6.07, 6.45) is 0. The summed E-state index contributed by atoms with van der Waals surface area (Å²) in [5.74, 6) is 1.13. The maximum Gasteiger partial charge on any atom is 0.387 e. The van der Waals surface area contributed by atoms with Crippen LogP contribution in [0.15, 0.2) is 40.9 Å². The van der Waals surface area contributed by atoms with Gasteiger partial charge in [0.1, 0.15) is 11.6 Å². The number of nitrogens with one attached hydrogen (secondary N) is 1. The van der Waals surface area contributed by atoms with Gasteiger partial charge in [-0.3, -0.25) is 0 Å². The van der Waals surface area contributed by atoms with Crippen LogP contribution < -0.4 is 10.1 Å². The Morgan fingerprint density at radius 2 is 2.12 bits per heavy atom. The van der Waals surface area contributed by atoms with Gasteiger partial charge in [0.25, 0.3) is 0 Å². The van der Waals surface area contributed by atoms with E-state index in [1.54, 1.807) is 6.07 Å². The van der Waals surface area contributed by atoms with Crippen LogP contribution in [-0.2, 0) is 19.0 Å². The molecule has 0 bridgehead atoms. The fraction of sp³-hybridized carbons (Fsp3) is 0.278. The Morgan fingerprint density at radius 1 is 1.31 bits per heavy atom. The molecule has 3 aromatic rings. The van der Waals surface area contributed by atoms with Gasteiger partial charge in [-0.2, -0.15) is 8.78 Å². The lowest BCUT2D eigenvalue weighted by molar-refractivity contribution is -0.0505. The molecule has 26 heavy (non-hydrogen) atoms. The smallest absolute Gasteiger partial charge is 0.387 e. The van der Waals surface area contributed by atoms with Crippen molar-refractivity contribution in [1.82, 2.24) is 14.9 Å². The van der Waals surface area contributed by atoms with E-state index in [0.717, 1.165) is 26.9 Å². The number of fused-ring (bicyclic) bond motifs is 1. The molecule has 0 aliphatic rings. The van der Waals surface area contributed by atoms with E-state index in [1.807, 2.05) is 35.9 Å². The molecule has 0 spiro atoms. The zero-order valence-corrected chi connectivity index (χ0v) is 16.3. The van der Waals surface area contributed by atoms with Crippen LogP contribution in [0.4, 0.5) is 8.78 Å². The molecule has 1 N–H and O–H groups in total. The van der Waals surface area contributed by atoms with E-state index < -0.39 is 6.61 Å². The highest BCUT2D eigenvalue weighted by atomic mass is 79.9. The van der Waals surface area contributed by atoms with Gasteiger partial charge in [-0.15, -0.1) is 11.6 Å². The first-order valence-electron chi connectivity index (χ1n) is 7.94. The number of alkyl halides is 3. The highest BCUT2D eigenvalue weighted by Gasteiger charge is 2.17. The van der Waals surface area contributed by atoms with Crippen molar-refractivity contribution in [2.75, 3.05) is 7.05 Å². The Kier molecular flexibility index (Phi) is 6.11. The minimum absolute atomic E-state index is 0.130. The largest absolute Gasteiger partial charge is 0.434 e. The quantitative estimate of drug-likeness (QED) is 0.527. The van der Waals surface area contributed by atoms with Crippen molar-refractivity contribution in [1.29, 1.82) is 0 Å². The Labute approximate surface area is 163 Å². The van der Waals surface area contributed by atoms with Crippen LogP contribution in [0.5, 0.6) is 5.75 Å². The number of imidazole rings is 1. The molecule has 1 heterocycles. The van der Waals surface area contributed by atoms with Gasteiger partial charge in [-0.25, -0.2) is 4.98 Å². The molecule has 0 amide bonds. The van der Waals surface area contributed by atoms with Crippen LogP contribution in [0, 0.1) is 0 Å². The highest BCUT2D eigenvalue weighted by Crippen LogP contribution is 2.29. The minimum atomic E-state index is -2.90. The van der Waals surface area contributed by atoms with Gasteiger partial charge in [0.2, 0.25) is 0 Å². The van der Waals surface area contributed by atoms with E-state index in [1.165, 1.54) is 6.07 Å². The molecule has 0 saturated heterocycles. The van der Waals surface area contributed by atoms with Crippen molar-refractivity contribution < 1.29 is 13.5 Å². The summed E-state index contributed by atoms with van der Waals surface area (Å²) in [4.78, 5) is 4.64. The third-order valence-electron chi connectivity index (χ3n) is 4.03. The van der Waals surface area contributed by atoms with Gasteiger partial charge < -0.3 is 14.6 Å². The second-order valence-corrected chi connectivity index (χ2v) is 6.87. The SMILES string of the molecule is CNCc1nc2ccc(Br)cc2n1Cc1c(CCl)cccc1OC(F)F. The van der Waals surface area contributed by atoms with E-state index in [9.17, 15) is 8.78 Å². The predicted molar refractivity (Wildman–Crippen MR) is 102 cm³/mol. The van der Waals surface area contributed by atoms with Crippen molar-refractivity contribution in [3.63, 3.8) is 0 Å². The van der Waals surface area contributed by atoms with Crippen molar-refractivity contribution in [3.05, 3.63) is 57.8 Å².